The molecule has 0 saturated heterocycles. The Morgan fingerprint density at radius 1 is 1.30 bits per heavy atom. The third kappa shape index (κ3) is 3.90. The Labute approximate surface area is 134 Å². The maximum Gasteiger partial charge on any atom is 0.355 e. The van der Waals surface area contributed by atoms with Crippen molar-refractivity contribution in [1.29, 1.82) is 0 Å². The van der Waals surface area contributed by atoms with E-state index in [1.807, 2.05) is 18.2 Å². The van der Waals surface area contributed by atoms with Gasteiger partial charge in [-0.1, -0.05) is 12.1 Å². The van der Waals surface area contributed by atoms with Gasteiger partial charge in [0.2, 0.25) is 0 Å². The molecule has 0 atom stereocenters. The van der Waals surface area contributed by atoms with E-state index in [1.54, 1.807) is 6.92 Å². The summed E-state index contributed by atoms with van der Waals surface area (Å²) in [6.45, 7) is 1.97. The molecule has 0 unspecified atom stereocenters. The molecule has 0 saturated carbocycles. The number of fused-ring (bicyclic) bond motifs is 1. The minimum Gasteiger partial charge on any atom is -0.469 e. The molecule has 0 fully saturated rings. The Hall–Kier alpha value is -2.34. The van der Waals surface area contributed by atoms with Gasteiger partial charge in [0, 0.05) is 17.3 Å². The number of aliphatic hydroxyl groups excluding tert-OH is 1. The zero-order valence-corrected chi connectivity index (χ0v) is 13.3. The Bertz CT molecular complexity index is 704. The van der Waals surface area contributed by atoms with Gasteiger partial charge in [-0.25, -0.2) is 4.79 Å². The van der Waals surface area contributed by atoms with Gasteiger partial charge in [-0.05, 0) is 37.0 Å². The number of carbonyl (C=O) groups excluding carboxylic acids is 2. The van der Waals surface area contributed by atoms with Gasteiger partial charge in [0.25, 0.3) is 0 Å². The van der Waals surface area contributed by atoms with E-state index in [2.05, 4.69) is 9.72 Å². The first-order valence-electron chi connectivity index (χ1n) is 7.59. The molecule has 2 N–H and O–H groups in total. The van der Waals surface area contributed by atoms with Crippen molar-refractivity contribution in [3.05, 3.63) is 35.0 Å². The molecule has 1 heterocycles. The number of aromatic amines is 1. The molecule has 1 aromatic heterocycles. The van der Waals surface area contributed by atoms with Gasteiger partial charge in [0.05, 0.1) is 20.3 Å². The van der Waals surface area contributed by atoms with Crippen LogP contribution in [0.25, 0.3) is 10.9 Å². The summed E-state index contributed by atoms with van der Waals surface area (Å²) in [5.41, 5.74) is 2.76. The van der Waals surface area contributed by atoms with Gasteiger partial charge in [-0.2, -0.15) is 0 Å². The van der Waals surface area contributed by atoms with Crippen LogP contribution in [0.3, 0.4) is 0 Å². The third-order valence-electron chi connectivity index (χ3n) is 3.67. The molecule has 0 radical (unpaired) electrons. The van der Waals surface area contributed by atoms with Crippen LogP contribution in [0.15, 0.2) is 18.2 Å². The normalized spacial score (nSPS) is 10.7. The zero-order chi connectivity index (χ0) is 16.8. The maximum absolute atomic E-state index is 12.1. The van der Waals surface area contributed by atoms with Crippen molar-refractivity contribution >= 4 is 22.8 Å². The summed E-state index contributed by atoms with van der Waals surface area (Å²) in [7, 11) is 1.36. The summed E-state index contributed by atoms with van der Waals surface area (Å²) in [5.74, 6) is -0.688. The second-order valence-electron chi connectivity index (χ2n) is 5.17. The van der Waals surface area contributed by atoms with Gasteiger partial charge < -0.3 is 19.6 Å². The SMILES string of the molecule is CCOC(=O)c1[nH]c2cc(CO)ccc2c1CCCC(=O)OC. The maximum atomic E-state index is 12.1. The van der Waals surface area contributed by atoms with Gasteiger partial charge in [-0.15, -0.1) is 0 Å². The number of aromatic nitrogens is 1. The number of esters is 2. The van der Waals surface area contributed by atoms with Crippen molar-refractivity contribution in [2.24, 2.45) is 0 Å². The van der Waals surface area contributed by atoms with E-state index in [1.165, 1.54) is 7.11 Å². The zero-order valence-electron chi connectivity index (χ0n) is 13.3. The van der Waals surface area contributed by atoms with Gasteiger partial charge in [0.15, 0.2) is 0 Å². The summed E-state index contributed by atoms with van der Waals surface area (Å²) in [4.78, 5) is 26.5. The number of hydrogen-bond donors (Lipinski definition) is 2. The van der Waals surface area contributed by atoms with E-state index in [0.29, 0.717) is 25.0 Å². The number of hydrogen-bond acceptors (Lipinski definition) is 5. The largest absolute Gasteiger partial charge is 0.469 e. The van der Waals surface area contributed by atoms with E-state index in [0.717, 1.165) is 22.0 Å². The molecule has 0 bridgehead atoms. The van der Waals surface area contributed by atoms with Crippen LogP contribution in [-0.4, -0.2) is 35.7 Å². The first kappa shape index (κ1) is 17.0. The first-order valence-corrected chi connectivity index (χ1v) is 7.59. The number of aliphatic hydroxyl groups is 1. The predicted octanol–water partition coefficient (Wildman–Crippen LogP) is 2.33. The second kappa shape index (κ2) is 7.78. The molecule has 23 heavy (non-hydrogen) atoms. The lowest BCUT2D eigenvalue weighted by Crippen LogP contribution is -2.08. The monoisotopic (exact) mass is 319 g/mol. The molecule has 0 aliphatic heterocycles. The first-order chi connectivity index (χ1) is 11.1. The fourth-order valence-electron chi connectivity index (χ4n) is 2.55. The number of H-pyrrole nitrogens is 1. The van der Waals surface area contributed by atoms with E-state index in [4.69, 9.17) is 4.74 Å². The summed E-state index contributed by atoms with van der Waals surface area (Å²) < 4.78 is 9.73. The third-order valence-corrected chi connectivity index (χ3v) is 3.67. The van der Waals surface area contributed by atoms with Crippen LogP contribution in [-0.2, 0) is 27.3 Å². The Morgan fingerprint density at radius 3 is 2.74 bits per heavy atom. The van der Waals surface area contributed by atoms with E-state index < -0.39 is 5.97 Å². The highest BCUT2D eigenvalue weighted by Crippen LogP contribution is 2.26. The van der Waals surface area contributed by atoms with E-state index in [9.17, 15) is 14.7 Å². The molecule has 1 aromatic carbocycles. The fourth-order valence-corrected chi connectivity index (χ4v) is 2.55. The fraction of sp³-hybridized carbons (Fsp3) is 0.412. The average Bonchev–Trinajstić information content (AvgIpc) is 2.92. The number of benzene rings is 1. The Kier molecular flexibility index (Phi) is 5.76. The molecular weight excluding hydrogens is 298 g/mol. The molecular formula is C17H21NO5. The lowest BCUT2D eigenvalue weighted by molar-refractivity contribution is -0.140. The summed E-state index contributed by atoms with van der Waals surface area (Å²) >= 11 is 0. The minimum atomic E-state index is -0.415. The van der Waals surface area contributed by atoms with E-state index >= 15 is 0 Å². The van der Waals surface area contributed by atoms with Crippen LogP contribution in [0.5, 0.6) is 0 Å². The van der Waals surface area contributed by atoms with Crippen LogP contribution < -0.4 is 0 Å². The van der Waals surface area contributed by atoms with Gasteiger partial charge in [0.1, 0.15) is 5.69 Å². The van der Waals surface area contributed by atoms with Crippen LogP contribution >= 0.6 is 0 Å². The molecule has 0 spiro atoms. The minimum absolute atomic E-state index is 0.0681. The molecule has 6 nitrogen and oxygen atoms in total. The molecule has 2 rings (SSSR count). The standard InChI is InChI=1S/C17H21NO5/c1-3-23-17(21)16-13(5-4-6-15(20)22-2)12-8-7-11(10-19)9-14(12)18-16/h7-9,18-19H,3-6,10H2,1-2H3. The number of rotatable bonds is 7. The summed E-state index contributed by atoms with van der Waals surface area (Å²) in [5, 5.41) is 10.1. The van der Waals surface area contributed by atoms with Crippen molar-refractivity contribution in [3.8, 4) is 0 Å². The number of ether oxygens (including phenoxy) is 2. The van der Waals surface area contributed by atoms with Crippen LogP contribution in [0.4, 0.5) is 0 Å². The highest BCUT2D eigenvalue weighted by molar-refractivity contribution is 5.98. The van der Waals surface area contributed by atoms with Crippen molar-refractivity contribution in [2.75, 3.05) is 13.7 Å². The number of nitrogens with one attached hydrogen (secondary N) is 1. The highest BCUT2D eigenvalue weighted by atomic mass is 16.5. The highest BCUT2D eigenvalue weighted by Gasteiger charge is 2.19. The van der Waals surface area contributed by atoms with Crippen molar-refractivity contribution in [1.82, 2.24) is 4.98 Å². The number of methoxy groups -OCH3 is 1. The summed E-state index contributed by atoms with van der Waals surface area (Å²) in [6.07, 6.45) is 1.43. The van der Waals surface area contributed by atoms with Crippen molar-refractivity contribution in [2.45, 2.75) is 32.8 Å². The average molecular weight is 319 g/mol. The topological polar surface area (TPSA) is 88.6 Å². The van der Waals surface area contributed by atoms with Crippen molar-refractivity contribution < 1.29 is 24.2 Å². The predicted molar refractivity (Wildman–Crippen MR) is 85.1 cm³/mol. The number of carbonyl (C=O) groups is 2. The Morgan fingerprint density at radius 2 is 2.09 bits per heavy atom. The summed E-state index contributed by atoms with van der Waals surface area (Å²) in [6, 6.07) is 5.49. The molecule has 0 aliphatic rings. The van der Waals surface area contributed by atoms with E-state index in [-0.39, 0.29) is 19.2 Å². The molecule has 0 aliphatic carbocycles. The quantitative estimate of drug-likeness (QED) is 0.765. The lowest BCUT2D eigenvalue weighted by atomic mass is 10.0. The molecule has 124 valence electrons. The van der Waals surface area contributed by atoms with Crippen LogP contribution in [0.2, 0.25) is 0 Å². The number of aryl methyl sites for hydroxylation is 1. The van der Waals surface area contributed by atoms with Crippen molar-refractivity contribution in [3.63, 3.8) is 0 Å². The molecule has 0 amide bonds. The molecule has 6 heteroatoms. The van der Waals surface area contributed by atoms with Crippen LogP contribution in [0.1, 0.15) is 41.4 Å². The second-order valence-corrected chi connectivity index (χ2v) is 5.17. The molecule has 2 aromatic rings. The Balaban J connectivity index is 2.34. The lowest BCUT2D eigenvalue weighted by Gasteiger charge is -2.05. The van der Waals surface area contributed by atoms with Crippen LogP contribution in [0, 0.1) is 0 Å². The smallest absolute Gasteiger partial charge is 0.355 e. The van der Waals surface area contributed by atoms with Gasteiger partial charge in [-0.3, -0.25) is 4.79 Å². The van der Waals surface area contributed by atoms with Gasteiger partial charge >= 0.3 is 11.9 Å².